The van der Waals surface area contributed by atoms with Crippen LogP contribution in [0.5, 0.6) is 0 Å². The third-order valence-corrected chi connectivity index (χ3v) is 3.48. The second-order valence-corrected chi connectivity index (χ2v) is 5.09. The molecule has 17 heavy (non-hydrogen) atoms. The van der Waals surface area contributed by atoms with Gasteiger partial charge in [-0.2, -0.15) is 0 Å². The summed E-state index contributed by atoms with van der Waals surface area (Å²) in [6, 6.07) is 6.11. The molecule has 1 saturated heterocycles. The van der Waals surface area contributed by atoms with Gasteiger partial charge in [0.05, 0.1) is 16.8 Å². The molecule has 0 amide bonds. The Hall–Kier alpha value is -0.730. The Morgan fingerprint density at radius 1 is 1.47 bits per heavy atom. The largest absolute Gasteiger partial charge is 0.384 e. The molecule has 2 rings (SSSR count). The lowest BCUT2D eigenvalue weighted by molar-refractivity contribution is 0.103. The predicted molar refractivity (Wildman–Crippen MR) is 72.9 cm³/mol. The van der Waals surface area contributed by atoms with Gasteiger partial charge in [0, 0.05) is 13.2 Å². The van der Waals surface area contributed by atoms with Crippen molar-refractivity contribution in [2.24, 2.45) is 0 Å². The van der Waals surface area contributed by atoms with Crippen molar-refractivity contribution in [3.05, 3.63) is 28.8 Å². The van der Waals surface area contributed by atoms with E-state index in [4.69, 9.17) is 16.3 Å². The van der Waals surface area contributed by atoms with E-state index in [-0.39, 0.29) is 0 Å². The summed E-state index contributed by atoms with van der Waals surface area (Å²) >= 11 is 6.15. The zero-order chi connectivity index (χ0) is 12.1. The number of rotatable bonds is 5. The number of aryl methyl sites for hydroxylation is 1. The first-order chi connectivity index (χ1) is 8.25. The standard InChI is InChI=1S/C14H20ClNO/c1-11-6-7-14(13(15)10-11)16-8-2-4-12-5-3-9-17-12/h6-7,10,12,16H,2-5,8-9H2,1H3. The van der Waals surface area contributed by atoms with Crippen LogP contribution in [0.2, 0.25) is 5.02 Å². The van der Waals surface area contributed by atoms with Gasteiger partial charge in [-0.1, -0.05) is 17.7 Å². The van der Waals surface area contributed by atoms with Crippen molar-refractivity contribution < 1.29 is 4.74 Å². The highest BCUT2D eigenvalue weighted by Crippen LogP contribution is 2.23. The van der Waals surface area contributed by atoms with Crippen LogP contribution in [0.25, 0.3) is 0 Å². The Labute approximate surface area is 108 Å². The quantitative estimate of drug-likeness (QED) is 0.801. The lowest BCUT2D eigenvalue weighted by atomic mass is 10.1. The van der Waals surface area contributed by atoms with Crippen LogP contribution >= 0.6 is 11.6 Å². The molecule has 0 aliphatic carbocycles. The Balaban J connectivity index is 1.70. The Morgan fingerprint density at radius 3 is 3.06 bits per heavy atom. The van der Waals surface area contributed by atoms with Crippen LogP contribution in [0.4, 0.5) is 5.69 Å². The summed E-state index contributed by atoms with van der Waals surface area (Å²) in [6.07, 6.45) is 5.23. The highest BCUT2D eigenvalue weighted by molar-refractivity contribution is 6.33. The number of hydrogen-bond acceptors (Lipinski definition) is 2. The molecule has 0 aromatic heterocycles. The van der Waals surface area contributed by atoms with Crippen LogP contribution in [-0.2, 0) is 4.74 Å². The number of anilines is 1. The molecule has 1 heterocycles. The molecule has 1 atom stereocenters. The van der Waals surface area contributed by atoms with Gasteiger partial charge in [0.1, 0.15) is 0 Å². The van der Waals surface area contributed by atoms with Crippen molar-refractivity contribution in [2.75, 3.05) is 18.5 Å². The van der Waals surface area contributed by atoms with E-state index in [0.29, 0.717) is 6.10 Å². The normalized spacial score (nSPS) is 19.5. The van der Waals surface area contributed by atoms with Crippen LogP contribution < -0.4 is 5.32 Å². The van der Waals surface area contributed by atoms with E-state index < -0.39 is 0 Å². The maximum absolute atomic E-state index is 6.15. The van der Waals surface area contributed by atoms with Crippen molar-refractivity contribution in [3.8, 4) is 0 Å². The molecule has 1 aromatic rings. The van der Waals surface area contributed by atoms with Gasteiger partial charge in [0.25, 0.3) is 0 Å². The summed E-state index contributed by atoms with van der Waals surface area (Å²) in [4.78, 5) is 0. The number of halogens is 1. The van der Waals surface area contributed by atoms with Gasteiger partial charge >= 0.3 is 0 Å². The lowest BCUT2D eigenvalue weighted by Gasteiger charge is -2.11. The highest BCUT2D eigenvalue weighted by Gasteiger charge is 2.14. The van der Waals surface area contributed by atoms with Crippen LogP contribution in [0.15, 0.2) is 18.2 Å². The molecule has 0 spiro atoms. The molecule has 0 radical (unpaired) electrons. The molecule has 1 fully saturated rings. The molecule has 1 aromatic carbocycles. The number of hydrogen-bond donors (Lipinski definition) is 1. The first-order valence-electron chi connectivity index (χ1n) is 6.37. The fraction of sp³-hybridized carbons (Fsp3) is 0.571. The van der Waals surface area contributed by atoms with Crippen molar-refractivity contribution in [2.45, 2.75) is 38.7 Å². The Kier molecular flexibility index (Phi) is 4.69. The van der Waals surface area contributed by atoms with Crippen molar-refractivity contribution >= 4 is 17.3 Å². The molecule has 0 saturated carbocycles. The Morgan fingerprint density at radius 2 is 2.35 bits per heavy atom. The summed E-state index contributed by atoms with van der Waals surface area (Å²) in [5, 5.41) is 4.18. The molecule has 1 aliphatic heterocycles. The summed E-state index contributed by atoms with van der Waals surface area (Å²) in [6.45, 7) is 3.96. The fourth-order valence-corrected chi connectivity index (χ4v) is 2.49. The first kappa shape index (κ1) is 12.7. The van der Waals surface area contributed by atoms with E-state index in [2.05, 4.69) is 11.4 Å². The minimum atomic E-state index is 0.491. The molecule has 94 valence electrons. The second-order valence-electron chi connectivity index (χ2n) is 4.69. The molecular weight excluding hydrogens is 234 g/mol. The zero-order valence-corrected chi connectivity index (χ0v) is 11.1. The monoisotopic (exact) mass is 253 g/mol. The van der Waals surface area contributed by atoms with E-state index >= 15 is 0 Å². The van der Waals surface area contributed by atoms with E-state index in [9.17, 15) is 0 Å². The van der Waals surface area contributed by atoms with Gasteiger partial charge < -0.3 is 10.1 Å². The number of nitrogens with one attached hydrogen (secondary N) is 1. The van der Waals surface area contributed by atoms with Gasteiger partial charge in [-0.05, 0) is 50.3 Å². The molecular formula is C14H20ClNO. The molecule has 1 aliphatic rings. The van der Waals surface area contributed by atoms with E-state index in [1.54, 1.807) is 0 Å². The Bertz CT molecular complexity index is 361. The van der Waals surface area contributed by atoms with Crippen LogP contribution in [0.1, 0.15) is 31.2 Å². The van der Waals surface area contributed by atoms with E-state index in [1.165, 1.54) is 18.4 Å². The van der Waals surface area contributed by atoms with Gasteiger partial charge in [-0.15, -0.1) is 0 Å². The number of benzene rings is 1. The molecule has 1 unspecified atom stereocenters. The maximum atomic E-state index is 6.15. The van der Waals surface area contributed by atoms with Gasteiger partial charge in [-0.25, -0.2) is 0 Å². The van der Waals surface area contributed by atoms with Crippen LogP contribution in [0, 0.1) is 6.92 Å². The fourth-order valence-electron chi connectivity index (χ4n) is 2.19. The second kappa shape index (κ2) is 6.27. The summed E-state index contributed by atoms with van der Waals surface area (Å²) in [7, 11) is 0. The van der Waals surface area contributed by atoms with E-state index in [0.717, 1.165) is 36.7 Å². The van der Waals surface area contributed by atoms with Crippen LogP contribution in [0.3, 0.4) is 0 Å². The van der Waals surface area contributed by atoms with Gasteiger partial charge in [0.2, 0.25) is 0 Å². The molecule has 3 heteroatoms. The lowest BCUT2D eigenvalue weighted by Crippen LogP contribution is -2.09. The van der Waals surface area contributed by atoms with E-state index in [1.807, 2.05) is 19.1 Å². The molecule has 1 N–H and O–H groups in total. The average Bonchev–Trinajstić information content (AvgIpc) is 2.79. The minimum absolute atomic E-state index is 0.491. The summed E-state index contributed by atoms with van der Waals surface area (Å²) in [5.74, 6) is 0. The topological polar surface area (TPSA) is 21.3 Å². The predicted octanol–water partition coefficient (Wildman–Crippen LogP) is 4.02. The first-order valence-corrected chi connectivity index (χ1v) is 6.75. The number of ether oxygens (including phenoxy) is 1. The van der Waals surface area contributed by atoms with Crippen molar-refractivity contribution in [3.63, 3.8) is 0 Å². The van der Waals surface area contributed by atoms with Crippen molar-refractivity contribution in [1.82, 2.24) is 0 Å². The van der Waals surface area contributed by atoms with Crippen molar-refractivity contribution in [1.29, 1.82) is 0 Å². The highest BCUT2D eigenvalue weighted by atomic mass is 35.5. The third-order valence-electron chi connectivity index (χ3n) is 3.17. The third kappa shape index (κ3) is 3.90. The molecule has 0 bridgehead atoms. The van der Waals surface area contributed by atoms with Gasteiger partial charge in [-0.3, -0.25) is 0 Å². The summed E-state index contributed by atoms with van der Waals surface area (Å²) in [5.41, 5.74) is 2.23. The van der Waals surface area contributed by atoms with Gasteiger partial charge in [0.15, 0.2) is 0 Å². The smallest absolute Gasteiger partial charge is 0.0640 e. The zero-order valence-electron chi connectivity index (χ0n) is 10.3. The molecule has 2 nitrogen and oxygen atoms in total. The summed E-state index contributed by atoms with van der Waals surface area (Å²) < 4.78 is 5.59. The minimum Gasteiger partial charge on any atom is -0.384 e. The van der Waals surface area contributed by atoms with Crippen LogP contribution in [-0.4, -0.2) is 19.3 Å². The SMILES string of the molecule is Cc1ccc(NCCCC2CCCO2)c(Cl)c1. The average molecular weight is 254 g/mol. The maximum Gasteiger partial charge on any atom is 0.0640 e.